The smallest absolute Gasteiger partial charge is 0.255 e. The fraction of sp³-hybridized carbons (Fsp3) is 0.350. The van der Waals surface area contributed by atoms with Crippen LogP contribution in [-0.4, -0.2) is 28.1 Å². The van der Waals surface area contributed by atoms with Gasteiger partial charge in [-0.1, -0.05) is 80.3 Å². The van der Waals surface area contributed by atoms with Gasteiger partial charge in [0.05, 0.1) is 5.75 Å². The highest BCUT2D eigenvalue weighted by atomic mass is 32.2. The Hall–Kier alpha value is -1.92. The van der Waals surface area contributed by atoms with Crippen molar-refractivity contribution in [3.8, 4) is 0 Å². The molecule has 0 saturated heterocycles. The first-order chi connectivity index (χ1) is 12.2. The molecule has 0 N–H and O–H groups in total. The van der Waals surface area contributed by atoms with Crippen LogP contribution in [0.2, 0.25) is 25.7 Å². The van der Waals surface area contributed by atoms with Gasteiger partial charge in [0.2, 0.25) is 5.90 Å². The summed E-state index contributed by atoms with van der Waals surface area (Å²) in [6.45, 7) is 6.77. The molecule has 0 saturated carbocycles. The molecule has 0 aliphatic carbocycles. The minimum atomic E-state index is -3.54. The van der Waals surface area contributed by atoms with Crippen LogP contribution in [0.5, 0.6) is 0 Å². The van der Waals surface area contributed by atoms with Gasteiger partial charge in [0.1, 0.15) is 6.61 Å². The van der Waals surface area contributed by atoms with E-state index in [1.54, 1.807) is 0 Å². The SMILES string of the molecule is C[Si](C)(C)CCS(=O)(=O)/N=C(\Cc1ccccc1)OCc1ccccc1. The van der Waals surface area contributed by atoms with Crippen LogP contribution >= 0.6 is 0 Å². The maximum atomic E-state index is 12.4. The second-order valence-corrected chi connectivity index (χ2v) is 14.9. The molecule has 0 fully saturated rings. The quantitative estimate of drug-likeness (QED) is 0.379. The van der Waals surface area contributed by atoms with Gasteiger partial charge in [-0.2, -0.15) is 0 Å². The van der Waals surface area contributed by atoms with E-state index < -0.39 is 18.1 Å². The average Bonchev–Trinajstić information content (AvgIpc) is 2.59. The Labute approximate surface area is 158 Å². The highest BCUT2D eigenvalue weighted by molar-refractivity contribution is 7.90. The molecule has 0 aliphatic heterocycles. The van der Waals surface area contributed by atoms with Crippen molar-refractivity contribution in [3.05, 3.63) is 71.8 Å². The predicted molar refractivity (Wildman–Crippen MR) is 111 cm³/mol. The van der Waals surface area contributed by atoms with E-state index in [9.17, 15) is 8.42 Å². The van der Waals surface area contributed by atoms with Crippen molar-refractivity contribution in [3.63, 3.8) is 0 Å². The summed E-state index contributed by atoms with van der Waals surface area (Å²) in [5, 5.41) is 0. The van der Waals surface area contributed by atoms with Crippen LogP contribution in [0.25, 0.3) is 0 Å². The van der Waals surface area contributed by atoms with Crippen LogP contribution in [0, 0.1) is 0 Å². The molecule has 2 aromatic rings. The highest BCUT2D eigenvalue weighted by Gasteiger charge is 2.19. The number of hydrogen-bond acceptors (Lipinski definition) is 3. The fourth-order valence-electron chi connectivity index (χ4n) is 2.26. The lowest BCUT2D eigenvalue weighted by molar-refractivity contribution is 0.286. The van der Waals surface area contributed by atoms with Gasteiger partial charge >= 0.3 is 0 Å². The van der Waals surface area contributed by atoms with Gasteiger partial charge in [0, 0.05) is 14.5 Å². The van der Waals surface area contributed by atoms with E-state index in [4.69, 9.17) is 4.74 Å². The lowest BCUT2D eigenvalue weighted by Crippen LogP contribution is -2.24. The molecule has 0 aliphatic rings. The van der Waals surface area contributed by atoms with Gasteiger partial charge < -0.3 is 4.74 Å². The number of hydrogen-bond donors (Lipinski definition) is 0. The Morgan fingerprint density at radius 3 is 2.00 bits per heavy atom. The number of rotatable bonds is 8. The first kappa shape index (κ1) is 20.4. The third kappa shape index (κ3) is 7.97. The van der Waals surface area contributed by atoms with Gasteiger partial charge in [-0.15, -0.1) is 4.40 Å². The number of benzene rings is 2. The van der Waals surface area contributed by atoms with E-state index in [1.165, 1.54) is 0 Å². The molecule has 0 bridgehead atoms. The highest BCUT2D eigenvalue weighted by Crippen LogP contribution is 2.13. The first-order valence-corrected chi connectivity index (χ1v) is 14.1. The van der Waals surface area contributed by atoms with Crippen molar-refractivity contribution in [2.24, 2.45) is 4.40 Å². The summed E-state index contributed by atoms with van der Waals surface area (Å²) >= 11 is 0. The molecule has 0 amide bonds. The van der Waals surface area contributed by atoms with E-state index in [1.807, 2.05) is 60.7 Å². The Morgan fingerprint density at radius 1 is 0.923 bits per heavy atom. The summed E-state index contributed by atoms with van der Waals surface area (Å²) in [6, 6.07) is 20.0. The lowest BCUT2D eigenvalue weighted by Gasteiger charge is -2.15. The minimum absolute atomic E-state index is 0.0791. The van der Waals surface area contributed by atoms with Crippen LogP contribution in [0.1, 0.15) is 11.1 Å². The van der Waals surface area contributed by atoms with Gasteiger partial charge in [-0.3, -0.25) is 0 Å². The molecule has 0 radical (unpaired) electrons. The summed E-state index contributed by atoms with van der Waals surface area (Å²) in [7, 11) is -4.99. The summed E-state index contributed by atoms with van der Waals surface area (Å²) in [4.78, 5) is 0. The summed E-state index contributed by atoms with van der Waals surface area (Å²) in [5.41, 5.74) is 1.95. The zero-order chi connectivity index (χ0) is 19.0. The van der Waals surface area contributed by atoms with Gasteiger partial charge in [-0.05, 0) is 17.2 Å². The molecule has 140 valence electrons. The number of ether oxygens (including phenoxy) is 1. The van der Waals surface area contributed by atoms with Crippen molar-refractivity contribution in [2.45, 2.75) is 38.7 Å². The Bertz CT molecular complexity index is 813. The monoisotopic (exact) mass is 389 g/mol. The van der Waals surface area contributed by atoms with Crippen molar-refractivity contribution in [1.29, 1.82) is 0 Å². The topological polar surface area (TPSA) is 55.7 Å². The van der Waals surface area contributed by atoms with E-state index in [0.717, 1.165) is 11.1 Å². The molecule has 6 heteroatoms. The normalized spacial score (nSPS) is 12.8. The molecular weight excluding hydrogens is 362 g/mol. The molecule has 0 atom stereocenters. The molecule has 2 aromatic carbocycles. The zero-order valence-electron chi connectivity index (χ0n) is 15.7. The van der Waals surface area contributed by atoms with Crippen LogP contribution in [0.3, 0.4) is 0 Å². The number of nitrogens with zero attached hydrogens (tertiary/aromatic N) is 1. The summed E-state index contributed by atoms with van der Waals surface area (Å²) in [5.74, 6) is 0.325. The van der Waals surface area contributed by atoms with Gasteiger partial charge in [-0.25, -0.2) is 8.42 Å². The fourth-order valence-corrected chi connectivity index (χ4v) is 6.26. The van der Waals surface area contributed by atoms with Gasteiger partial charge in [0.15, 0.2) is 0 Å². The predicted octanol–water partition coefficient (Wildman–Crippen LogP) is 4.51. The summed E-state index contributed by atoms with van der Waals surface area (Å²) < 4.78 is 34.7. The maximum Gasteiger partial charge on any atom is 0.255 e. The average molecular weight is 390 g/mol. The van der Waals surface area contributed by atoms with E-state index >= 15 is 0 Å². The van der Waals surface area contributed by atoms with E-state index in [-0.39, 0.29) is 11.7 Å². The van der Waals surface area contributed by atoms with E-state index in [0.29, 0.717) is 19.1 Å². The zero-order valence-corrected chi connectivity index (χ0v) is 17.5. The molecular formula is C20H27NO3SSi. The van der Waals surface area contributed by atoms with Crippen molar-refractivity contribution in [1.82, 2.24) is 0 Å². The standard InChI is InChI=1S/C20H27NO3SSi/c1-26(2,3)15-14-25(22,23)21-20(16-18-10-6-4-7-11-18)24-17-19-12-8-5-9-13-19/h4-13H,14-17H2,1-3H3/b21-20+. The molecule has 4 nitrogen and oxygen atoms in total. The first-order valence-electron chi connectivity index (χ1n) is 8.76. The second-order valence-electron chi connectivity index (χ2n) is 7.52. The molecule has 2 rings (SSSR count). The maximum absolute atomic E-state index is 12.4. The van der Waals surface area contributed by atoms with Crippen LogP contribution < -0.4 is 0 Å². The largest absolute Gasteiger partial charge is 0.475 e. The lowest BCUT2D eigenvalue weighted by atomic mass is 10.1. The third-order valence-corrected chi connectivity index (χ3v) is 7.11. The molecule has 26 heavy (non-hydrogen) atoms. The summed E-state index contributed by atoms with van der Waals surface area (Å²) in [6.07, 6.45) is 0.361. The molecule has 0 aromatic heterocycles. The second kappa shape index (κ2) is 9.14. The van der Waals surface area contributed by atoms with Crippen LogP contribution in [0.15, 0.2) is 65.1 Å². The third-order valence-electron chi connectivity index (χ3n) is 3.80. The van der Waals surface area contributed by atoms with Gasteiger partial charge in [0.25, 0.3) is 10.0 Å². The van der Waals surface area contributed by atoms with Crippen molar-refractivity contribution >= 4 is 24.0 Å². The Morgan fingerprint density at radius 2 is 1.46 bits per heavy atom. The number of sulfonamides is 1. The Balaban J connectivity index is 2.15. The van der Waals surface area contributed by atoms with Crippen molar-refractivity contribution < 1.29 is 13.2 Å². The van der Waals surface area contributed by atoms with Crippen LogP contribution in [0.4, 0.5) is 0 Å². The molecule has 0 spiro atoms. The minimum Gasteiger partial charge on any atom is -0.475 e. The molecule has 0 unspecified atom stereocenters. The Kier molecular flexibility index (Phi) is 7.17. The van der Waals surface area contributed by atoms with Crippen molar-refractivity contribution in [2.75, 3.05) is 5.75 Å². The van der Waals surface area contributed by atoms with E-state index in [2.05, 4.69) is 24.0 Å². The van der Waals surface area contributed by atoms with Crippen LogP contribution in [-0.2, 0) is 27.8 Å². The molecule has 0 heterocycles.